The van der Waals surface area contributed by atoms with Crippen molar-refractivity contribution in [3.05, 3.63) is 65.5 Å². The van der Waals surface area contributed by atoms with Crippen molar-refractivity contribution in [3.8, 4) is 5.75 Å². The van der Waals surface area contributed by atoms with Crippen molar-refractivity contribution in [1.29, 1.82) is 0 Å². The molecule has 2 rings (SSSR count). The van der Waals surface area contributed by atoms with Crippen LogP contribution in [0.2, 0.25) is 0 Å². The number of alkyl halides is 1. The lowest BCUT2D eigenvalue weighted by Crippen LogP contribution is -2.02. The summed E-state index contributed by atoms with van der Waals surface area (Å²) >= 11 is 3.05. The van der Waals surface area contributed by atoms with E-state index in [-0.39, 0.29) is 16.9 Å². The number of carbonyl (C=O) groups excluding carboxylic acids is 1. The van der Waals surface area contributed by atoms with Crippen molar-refractivity contribution in [1.82, 2.24) is 0 Å². The molecule has 0 radical (unpaired) electrons. The molecule has 2 aromatic carbocycles. The largest absolute Gasteiger partial charge is 0.486 e. The van der Waals surface area contributed by atoms with Gasteiger partial charge in [-0.3, -0.25) is 4.79 Å². The molecule has 0 bridgehead atoms. The Kier molecular flexibility index (Phi) is 4.68. The summed E-state index contributed by atoms with van der Waals surface area (Å²) in [5.41, 5.74) is 1.30. The normalized spacial score (nSPS) is 10.2. The number of ether oxygens (including phenoxy) is 1. The van der Waals surface area contributed by atoms with Gasteiger partial charge in [0.15, 0.2) is 17.3 Å². The number of rotatable bonds is 5. The van der Waals surface area contributed by atoms with E-state index in [1.807, 2.05) is 30.3 Å². The van der Waals surface area contributed by atoms with E-state index < -0.39 is 5.82 Å². The van der Waals surface area contributed by atoms with Crippen LogP contribution in [0.3, 0.4) is 0 Å². The van der Waals surface area contributed by atoms with Crippen LogP contribution < -0.4 is 4.74 Å². The van der Waals surface area contributed by atoms with Crippen LogP contribution in [0, 0.1) is 5.82 Å². The molecule has 0 spiro atoms. The molecule has 0 aromatic heterocycles. The zero-order chi connectivity index (χ0) is 13.7. The fraction of sp³-hybridized carbons (Fsp3) is 0.133. The Balaban J connectivity index is 2.07. The first kappa shape index (κ1) is 13.7. The summed E-state index contributed by atoms with van der Waals surface area (Å²) < 4.78 is 19.2. The molecule has 0 aliphatic rings. The van der Waals surface area contributed by atoms with Gasteiger partial charge in [-0.05, 0) is 23.8 Å². The van der Waals surface area contributed by atoms with Gasteiger partial charge in [0.2, 0.25) is 0 Å². The third kappa shape index (κ3) is 3.64. The van der Waals surface area contributed by atoms with Crippen molar-refractivity contribution in [2.45, 2.75) is 6.61 Å². The summed E-state index contributed by atoms with van der Waals surface area (Å²) in [5, 5.41) is 0.177. The highest BCUT2D eigenvalue weighted by molar-refractivity contribution is 9.09. The summed E-state index contributed by atoms with van der Waals surface area (Å²) in [6, 6.07) is 13.7. The monoisotopic (exact) mass is 322 g/mol. The van der Waals surface area contributed by atoms with Crippen molar-refractivity contribution in [3.63, 3.8) is 0 Å². The molecular weight excluding hydrogens is 311 g/mol. The van der Waals surface area contributed by atoms with E-state index in [4.69, 9.17) is 4.74 Å². The Labute approximate surface area is 119 Å². The minimum Gasteiger partial charge on any atom is -0.486 e. The number of hydrogen-bond donors (Lipinski definition) is 0. The molecule has 0 unspecified atom stereocenters. The molecule has 0 saturated carbocycles. The number of hydrogen-bond acceptors (Lipinski definition) is 2. The lowest BCUT2D eigenvalue weighted by atomic mass is 10.1. The average Bonchev–Trinajstić information content (AvgIpc) is 2.46. The second-order valence-electron chi connectivity index (χ2n) is 3.98. The minimum absolute atomic E-state index is 0.148. The Morgan fingerprint density at radius 3 is 2.53 bits per heavy atom. The first-order chi connectivity index (χ1) is 9.20. The maximum atomic E-state index is 13.8. The maximum absolute atomic E-state index is 13.8. The van der Waals surface area contributed by atoms with Crippen molar-refractivity contribution in [2.24, 2.45) is 0 Å². The summed E-state index contributed by atoms with van der Waals surface area (Å²) in [5.74, 6) is -0.536. The minimum atomic E-state index is -0.525. The smallest absolute Gasteiger partial charge is 0.173 e. The third-order valence-corrected chi connectivity index (χ3v) is 3.12. The van der Waals surface area contributed by atoms with Crippen molar-refractivity contribution < 1.29 is 13.9 Å². The van der Waals surface area contributed by atoms with Crippen LogP contribution in [0.5, 0.6) is 5.75 Å². The second kappa shape index (κ2) is 6.48. The van der Waals surface area contributed by atoms with Crippen LogP contribution in [-0.4, -0.2) is 11.1 Å². The van der Waals surface area contributed by atoms with Crippen LogP contribution in [0.1, 0.15) is 15.9 Å². The summed E-state index contributed by atoms with van der Waals surface area (Å²) in [7, 11) is 0. The molecule has 2 aromatic rings. The van der Waals surface area contributed by atoms with Gasteiger partial charge < -0.3 is 4.74 Å². The summed E-state index contributed by atoms with van der Waals surface area (Å²) in [4.78, 5) is 11.4. The van der Waals surface area contributed by atoms with E-state index in [2.05, 4.69) is 15.9 Å². The van der Waals surface area contributed by atoms with E-state index >= 15 is 0 Å². The van der Waals surface area contributed by atoms with Crippen LogP contribution in [0.25, 0.3) is 0 Å². The Bertz CT molecular complexity index is 570. The predicted molar refractivity (Wildman–Crippen MR) is 75.3 cm³/mol. The molecule has 0 aliphatic carbocycles. The molecule has 4 heteroatoms. The van der Waals surface area contributed by atoms with Gasteiger partial charge in [-0.25, -0.2) is 4.39 Å². The number of carbonyl (C=O) groups is 1. The molecule has 0 amide bonds. The Hall–Kier alpha value is -1.68. The number of Topliss-reactive ketones (excluding diaryl/α,β-unsaturated/α-hetero) is 1. The Morgan fingerprint density at radius 2 is 1.89 bits per heavy atom. The van der Waals surface area contributed by atoms with Crippen molar-refractivity contribution in [2.75, 3.05) is 5.33 Å². The van der Waals surface area contributed by atoms with E-state index in [1.54, 1.807) is 6.07 Å². The van der Waals surface area contributed by atoms with Gasteiger partial charge in [-0.1, -0.05) is 46.3 Å². The summed E-state index contributed by atoms with van der Waals surface area (Å²) in [6.45, 7) is 0.295. The van der Waals surface area contributed by atoms with Gasteiger partial charge in [0, 0.05) is 5.56 Å². The van der Waals surface area contributed by atoms with Crippen LogP contribution >= 0.6 is 15.9 Å². The highest BCUT2D eigenvalue weighted by Gasteiger charge is 2.09. The molecule has 2 nitrogen and oxygen atoms in total. The zero-order valence-corrected chi connectivity index (χ0v) is 11.7. The van der Waals surface area contributed by atoms with E-state index in [0.29, 0.717) is 12.2 Å². The lowest BCUT2D eigenvalue weighted by molar-refractivity contribution is 0.102. The highest BCUT2D eigenvalue weighted by atomic mass is 79.9. The molecule has 0 N–H and O–H groups in total. The fourth-order valence-electron chi connectivity index (χ4n) is 1.60. The molecule has 0 aliphatic heterocycles. The van der Waals surface area contributed by atoms with Gasteiger partial charge >= 0.3 is 0 Å². The quantitative estimate of drug-likeness (QED) is 0.614. The number of ketones is 1. The van der Waals surface area contributed by atoms with Gasteiger partial charge in [0.1, 0.15) is 6.61 Å². The average molecular weight is 323 g/mol. The first-order valence-corrected chi connectivity index (χ1v) is 6.88. The van der Waals surface area contributed by atoms with E-state index in [0.717, 1.165) is 5.56 Å². The van der Waals surface area contributed by atoms with Gasteiger partial charge in [0.25, 0.3) is 0 Å². The Morgan fingerprint density at radius 1 is 1.16 bits per heavy atom. The molecule has 98 valence electrons. The molecule has 19 heavy (non-hydrogen) atoms. The standard InChI is InChI=1S/C15H12BrFO2/c16-9-14(18)12-6-7-15(13(17)8-12)19-10-11-4-2-1-3-5-11/h1-8H,9-10H2. The molecule has 0 fully saturated rings. The topological polar surface area (TPSA) is 26.3 Å². The molecule has 0 heterocycles. The number of halogens is 2. The van der Waals surface area contributed by atoms with Crippen LogP contribution in [0.15, 0.2) is 48.5 Å². The molecule has 0 saturated heterocycles. The fourth-order valence-corrected chi connectivity index (χ4v) is 1.93. The predicted octanol–water partition coefficient (Wildman–Crippen LogP) is 3.98. The SMILES string of the molecule is O=C(CBr)c1ccc(OCc2ccccc2)c(F)c1. The maximum Gasteiger partial charge on any atom is 0.173 e. The van der Waals surface area contributed by atoms with Crippen LogP contribution in [0.4, 0.5) is 4.39 Å². The highest BCUT2D eigenvalue weighted by Crippen LogP contribution is 2.20. The first-order valence-electron chi connectivity index (χ1n) is 5.76. The molecule has 0 atom stereocenters. The van der Waals surface area contributed by atoms with Crippen molar-refractivity contribution >= 4 is 21.7 Å². The lowest BCUT2D eigenvalue weighted by Gasteiger charge is -2.08. The van der Waals surface area contributed by atoms with E-state index in [1.165, 1.54) is 12.1 Å². The van der Waals surface area contributed by atoms with Gasteiger partial charge in [-0.15, -0.1) is 0 Å². The molecular formula is C15H12BrFO2. The van der Waals surface area contributed by atoms with Crippen LogP contribution in [-0.2, 0) is 6.61 Å². The van der Waals surface area contributed by atoms with Gasteiger partial charge in [0.05, 0.1) is 5.33 Å². The zero-order valence-electron chi connectivity index (χ0n) is 10.1. The van der Waals surface area contributed by atoms with Gasteiger partial charge in [-0.2, -0.15) is 0 Å². The third-order valence-electron chi connectivity index (χ3n) is 2.61. The summed E-state index contributed by atoms with van der Waals surface area (Å²) in [6.07, 6.45) is 0. The number of benzene rings is 2. The second-order valence-corrected chi connectivity index (χ2v) is 4.54. The van der Waals surface area contributed by atoms with E-state index in [9.17, 15) is 9.18 Å².